The van der Waals surface area contributed by atoms with Gasteiger partial charge in [0, 0.05) is 18.5 Å². The smallest absolute Gasteiger partial charge is 0.258 e. The number of non-ortho nitro benzene ring substituents is 1. The second-order valence-electron chi connectivity index (χ2n) is 3.26. The number of nitrogens with zero attached hydrogens (tertiary/aromatic N) is 4. The predicted molar refractivity (Wildman–Crippen MR) is 59.5 cm³/mol. The van der Waals surface area contributed by atoms with Gasteiger partial charge in [-0.1, -0.05) is 11.3 Å². The molecule has 0 saturated carbocycles. The Balaban J connectivity index is 2.48. The minimum absolute atomic E-state index is 0.0189. The molecule has 1 aromatic carbocycles. The summed E-state index contributed by atoms with van der Waals surface area (Å²) < 4.78 is 1.63. The van der Waals surface area contributed by atoms with Crippen molar-refractivity contribution in [1.29, 1.82) is 0 Å². The fourth-order valence-corrected chi connectivity index (χ4v) is 1.62. The van der Waals surface area contributed by atoms with E-state index in [1.807, 2.05) is 0 Å². The van der Waals surface area contributed by atoms with Crippen LogP contribution in [0, 0.1) is 10.1 Å². The van der Waals surface area contributed by atoms with Crippen LogP contribution in [-0.4, -0.2) is 25.8 Å². The fourth-order valence-electron chi connectivity index (χ4n) is 1.50. The lowest BCUT2D eigenvalue weighted by atomic mass is 10.2. The number of hydrogen-bond donors (Lipinski definition) is 0. The first-order chi connectivity index (χ1) is 7.74. The second-order valence-corrected chi connectivity index (χ2v) is 3.64. The molecule has 0 saturated heterocycles. The van der Waals surface area contributed by atoms with Crippen LogP contribution in [0.15, 0.2) is 18.2 Å². The zero-order chi connectivity index (χ0) is 11.5. The van der Waals surface area contributed by atoms with Crippen molar-refractivity contribution >= 4 is 28.3 Å². The molecule has 0 amide bonds. The Bertz CT molecular complexity index is 525. The van der Waals surface area contributed by atoms with E-state index in [-0.39, 0.29) is 5.69 Å². The molecule has 0 aliphatic carbocycles. The highest BCUT2D eigenvalue weighted by Gasteiger charge is 2.16. The summed E-state index contributed by atoms with van der Waals surface area (Å²) in [4.78, 5) is 10.3. The maximum absolute atomic E-state index is 10.7. The van der Waals surface area contributed by atoms with Gasteiger partial charge in [-0.3, -0.25) is 10.1 Å². The van der Waals surface area contributed by atoms with Crippen LogP contribution >= 0.6 is 11.6 Å². The first-order valence-corrected chi connectivity index (χ1v) is 5.30. The third kappa shape index (κ3) is 1.83. The largest absolute Gasteiger partial charge is 0.299 e. The topological polar surface area (TPSA) is 73.8 Å². The average molecular weight is 241 g/mol. The Morgan fingerprint density at radius 1 is 1.50 bits per heavy atom. The van der Waals surface area contributed by atoms with Crippen LogP contribution in [0.5, 0.6) is 0 Å². The zero-order valence-corrected chi connectivity index (χ0v) is 9.09. The molecule has 84 valence electrons. The minimum atomic E-state index is -0.455. The fraction of sp³-hybridized carbons (Fsp3) is 0.333. The van der Waals surface area contributed by atoms with E-state index in [0.29, 0.717) is 23.5 Å². The van der Waals surface area contributed by atoms with Gasteiger partial charge in [-0.15, -0.1) is 16.7 Å². The van der Waals surface area contributed by atoms with E-state index in [1.54, 1.807) is 16.8 Å². The maximum atomic E-state index is 10.7. The van der Waals surface area contributed by atoms with Crippen molar-refractivity contribution in [3.05, 3.63) is 28.3 Å². The van der Waals surface area contributed by atoms with Crippen molar-refractivity contribution in [3.8, 4) is 0 Å². The van der Waals surface area contributed by atoms with E-state index in [2.05, 4.69) is 10.3 Å². The van der Waals surface area contributed by atoms with E-state index in [4.69, 9.17) is 11.6 Å². The summed E-state index contributed by atoms with van der Waals surface area (Å²) in [6, 6.07) is 4.81. The zero-order valence-electron chi connectivity index (χ0n) is 8.34. The maximum Gasteiger partial charge on any atom is 0.299 e. The summed E-state index contributed by atoms with van der Waals surface area (Å²) >= 11 is 5.58. The number of aromatic nitrogens is 3. The molecule has 2 aromatic rings. The third-order valence-corrected chi connectivity index (χ3v) is 2.49. The highest BCUT2D eigenvalue weighted by atomic mass is 35.5. The number of aryl methyl sites for hydroxylation is 1. The molecular weight excluding hydrogens is 232 g/mol. The second kappa shape index (κ2) is 4.44. The van der Waals surface area contributed by atoms with E-state index in [1.165, 1.54) is 6.07 Å². The predicted octanol–water partition coefficient (Wildman–Crippen LogP) is 1.97. The molecule has 16 heavy (non-hydrogen) atoms. The molecule has 1 aromatic heterocycles. The number of fused-ring (bicyclic) bond motifs is 1. The highest BCUT2D eigenvalue weighted by molar-refractivity contribution is 6.17. The molecule has 0 fully saturated rings. The van der Waals surface area contributed by atoms with Crippen LogP contribution in [0.1, 0.15) is 6.42 Å². The number of nitro groups is 1. The molecule has 0 bridgehead atoms. The van der Waals surface area contributed by atoms with Gasteiger partial charge in [0.05, 0.1) is 10.4 Å². The van der Waals surface area contributed by atoms with Gasteiger partial charge in [0.1, 0.15) is 0 Å². The first kappa shape index (κ1) is 10.8. The summed E-state index contributed by atoms with van der Waals surface area (Å²) in [5, 5.41) is 18.4. The lowest BCUT2D eigenvalue weighted by Crippen LogP contribution is -2.00. The molecule has 0 atom stereocenters. The van der Waals surface area contributed by atoms with Crippen LogP contribution in [0.3, 0.4) is 0 Å². The van der Waals surface area contributed by atoms with Gasteiger partial charge in [0.2, 0.25) is 0 Å². The molecule has 6 nitrogen and oxygen atoms in total. The Kier molecular flexibility index (Phi) is 3.00. The van der Waals surface area contributed by atoms with Crippen LogP contribution in [0.2, 0.25) is 0 Å². The molecule has 0 aliphatic rings. The minimum Gasteiger partial charge on any atom is -0.258 e. The Morgan fingerprint density at radius 2 is 2.31 bits per heavy atom. The van der Waals surface area contributed by atoms with Crippen LogP contribution in [0.25, 0.3) is 11.0 Å². The molecule has 0 radical (unpaired) electrons. The van der Waals surface area contributed by atoms with Gasteiger partial charge in [0.15, 0.2) is 5.52 Å². The van der Waals surface area contributed by atoms with Crippen LogP contribution < -0.4 is 0 Å². The SMILES string of the molecule is O=[N+]([O-])c1cccc2c1nnn2CCCCl. The van der Waals surface area contributed by atoms with Gasteiger partial charge in [0.25, 0.3) is 5.69 Å². The molecule has 0 unspecified atom stereocenters. The molecule has 0 aliphatic heterocycles. The standard InChI is InChI=1S/C9H9ClN4O2/c10-5-2-6-13-7-3-1-4-8(14(15)16)9(7)11-12-13/h1,3-4H,2,5-6H2. The van der Waals surface area contributed by atoms with Gasteiger partial charge >= 0.3 is 0 Å². The molecule has 7 heteroatoms. The van der Waals surface area contributed by atoms with Crippen LogP contribution in [-0.2, 0) is 6.54 Å². The third-order valence-electron chi connectivity index (χ3n) is 2.22. The summed E-state index contributed by atoms with van der Waals surface area (Å²) in [5.41, 5.74) is 0.969. The normalized spacial score (nSPS) is 10.8. The molecule has 1 heterocycles. The summed E-state index contributed by atoms with van der Waals surface area (Å²) in [6.45, 7) is 0.612. The van der Waals surface area contributed by atoms with E-state index in [0.717, 1.165) is 6.42 Å². The van der Waals surface area contributed by atoms with E-state index >= 15 is 0 Å². The molecule has 2 rings (SSSR count). The first-order valence-electron chi connectivity index (χ1n) is 4.76. The number of halogens is 1. The van der Waals surface area contributed by atoms with E-state index in [9.17, 15) is 10.1 Å². The van der Waals surface area contributed by atoms with Crippen molar-refractivity contribution in [2.75, 3.05) is 5.88 Å². The lowest BCUT2D eigenvalue weighted by Gasteiger charge is -1.98. The number of rotatable bonds is 4. The van der Waals surface area contributed by atoms with Gasteiger partial charge in [-0.05, 0) is 12.5 Å². The van der Waals surface area contributed by atoms with Crippen molar-refractivity contribution in [2.45, 2.75) is 13.0 Å². The van der Waals surface area contributed by atoms with Crippen molar-refractivity contribution in [3.63, 3.8) is 0 Å². The Labute approximate surface area is 96.0 Å². The van der Waals surface area contributed by atoms with Crippen molar-refractivity contribution in [1.82, 2.24) is 15.0 Å². The summed E-state index contributed by atoms with van der Waals surface area (Å²) in [6.07, 6.45) is 0.753. The number of alkyl halides is 1. The molecular formula is C9H9ClN4O2. The highest BCUT2D eigenvalue weighted by Crippen LogP contribution is 2.22. The summed E-state index contributed by atoms with van der Waals surface area (Å²) in [5.74, 6) is 0.524. The van der Waals surface area contributed by atoms with Crippen LogP contribution in [0.4, 0.5) is 5.69 Å². The molecule has 0 spiro atoms. The van der Waals surface area contributed by atoms with Gasteiger partial charge < -0.3 is 0 Å². The number of nitro benzene ring substituents is 1. The number of benzene rings is 1. The van der Waals surface area contributed by atoms with Crippen molar-refractivity contribution in [2.24, 2.45) is 0 Å². The average Bonchev–Trinajstić information content (AvgIpc) is 2.69. The Morgan fingerprint density at radius 3 is 3.00 bits per heavy atom. The summed E-state index contributed by atoms with van der Waals surface area (Å²) in [7, 11) is 0. The molecule has 0 N–H and O–H groups in total. The van der Waals surface area contributed by atoms with E-state index < -0.39 is 4.92 Å². The van der Waals surface area contributed by atoms with Crippen molar-refractivity contribution < 1.29 is 4.92 Å². The quantitative estimate of drug-likeness (QED) is 0.465. The van der Waals surface area contributed by atoms with Gasteiger partial charge in [-0.25, -0.2) is 4.68 Å². The lowest BCUT2D eigenvalue weighted by molar-refractivity contribution is -0.383. The monoisotopic (exact) mass is 240 g/mol. The van der Waals surface area contributed by atoms with Gasteiger partial charge in [-0.2, -0.15) is 0 Å². The Hall–Kier alpha value is -1.69. The number of hydrogen-bond acceptors (Lipinski definition) is 4.